The van der Waals surface area contributed by atoms with Gasteiger partial charge < -0.3 is 11.1 Å². The molecule has 3 aromatic heterocycles. The topological polar surface area (TPSA) is 93.8 Å². The van der Waals surface area contributed by atoms with Gasteiger partial charge in [0.2, 0.25) is 0 Å². The first-order valence-corrected chi connectivity index (χ1v) is 11.2. The van der Waals surface area contributed by atoms with Gasteiger partial charge in [-0.25, -0.2) is 14.4 Å². The molecule has 6 nitrogen and oxygen atoms in total. The molecule has 3 N–H and O–H groups in total. The summed E-state index contributed by atoms with van der Waals surface area (Å²) in [6.45, 7) is 3.84. The molecular formula is C25H20FN5OS. The van der Waals surface area contributed by atoms with E-state index in [9.17, 15) is 9.18 Å². The maximum atomic E-state index is 13.5. The molecule has 0 unspecified atom stereocenters. The van der Waals surface area contributed by atoms with E-state index in [4.69, 9.17) is 5.73 Å². The minimum absolute atomic E-state index is 0.254. The standard InChI is InChI=1S/C25H20FN5OS/c1-13-3-6-17-18(7-8-28-20(17)10-15-4-5-16(26)9-14(15)2)21(13)31-25(32)19-11-33-23-22(19)29-12-30-24(23)27/h3-9,11-12H,10H2,1-2H3,(H,31,32)(H2,27,29,30). The third-order valence-electron chi connectivity index (χ3n) is 5.76. The van der Waals surface area contributed by atoms with E-state index >= 15 is 0 Å². The quantitative estimate of drug-likeness (QED) is 0.376. The van der Waals surface area contributed by atoms with E-state index in [1.165, 1.54) is 29.8 Å². The summed E-state index contributed by atoms with van der Waals surface area (Å²) in [6, 6.07) is 10.6. The molecule has 0 aliphatic rings. The molecule has 0 atom stereocenters. The molecule has 33 heavy (non-hydrogen) atoms. The van der Waals surface area contributed by atoms with Crippen LogP contribution in [-0.2, 0) is 6.42 Å². The van der Waals surface area contributed by atoms with Crippen molar-refractivity contribution in [2.45, 2.75) is 20.3 Å². The highest BCUT2D eigenvalue weighted by molar-refractivity contribution is 7.18. The number of hydrogen-bond acceptors (Lipinski definition) is 6. The Morgan fingerprint density at radius 2 is 1.91 bits per heavy atom. The SMILES string of the molecule is Cc1cc(F)ccc1Cc1nccc2c(NC(=O)c3csc4c(N)ncnc34)c(C)ccc12. The van der Waals surface area contributed by atoms with E-state index < -0.39 is 0 Å². The van der Waals surface area contributed by atoms with Crippen LogP contribution in [0, 0.1) is 19.7 Å². The van der Waals surface area contributed by atoms with Crippen LogP contribution in [0.15, 0.2) is 54.3 Å². The zero-order chi connectivity index (χ0) is 23.1. The number of aryl methyl sites for hydroxylation is 2. The first-order valence-electron chi connectivity index (χ1n) is 10.3. The number of hydrogen-bond donors (Lipinski definition) is 2. The van der Waals surface area contributed by atoms with Gasteiger partial charge in [-0.15, -0.1) is 11.3 Å². The van der Waals surface area contributed by atoms with Gasteiger partial charge in [0.15, 0.2) is 0 Å². The number of nitrogens with zero attached hydrogens (tertiary/aromatic N) is 3. The van der Waals surface area contributed by atoms with Crippen molar-refractivity contribution in [3.05, 3.63) is 88.1 Å². The number of thiophene rings is 1. The maximum Gasteiger partial charge on any atom is 0.258 e. The summed E-state index contributed by atoms with van der Waals surface area (Å²) in [7, 11) is 0. The number of nitrogens with one attached hydrogen (secondary N) is 1. The number of amides is 1. The smallest absolute Gasteiger partial charge is 0.258 e. The Morgan fingerprint density at radius 3 is 2.73 bits per heavy atom. The lowest BCUT2D eigenvalue weighted by Gasteiger charge is -2.14. The van der Waals surface area contributed by atoms with Crippen molar-refractivity contribution in [1.82, 2.24) is 15.0 Å². The molecule has 164 valence electrons. The fourth-order valence-corrected chi connectivity index (χ4v) is 4.88. The summed E-state index contributed by atoms with van der Waals surface area (Å²) in [5, 5.41) is 6.64. The summed E-state index contributed by atoms with van der Waals surface area (Å²) in [6.07, 6.45) is 3.66. The molecule has 0 aliphatic heterocycles. The first kappa shape index (κ1) is 21.0. The number of rotatable bonds is 4. The molecule has 1 amide bonds. The zero-order valence-electron chi connectivity index (χ0n) is 18.0. The van der Waals surface area contributed by atoms with Crippen LogP contribution < -0.4 is 11.1 Å². The Kier molecular flexibility index (Phi) is 5.22. The lowest BCUT2D eigenvalue weighted by molar-refractivity contribution is 0.102. The van der Waals surface area contributed by atoms with Gasteiger partial charge in [-0.05, 0) is 48.7 Å². The zero-order valence-corrected chi connectivity index (χ0v) is 18.8. The highest BCUT2D eigenvalue weighted by atomic mass is 32.1. The lowest BCUT2D eigenvalue weighted by atomic mass is 9.98. The molecule has 3 heterocycles. The van der Waals surface area contributed by atoms with E-state index in [0.29, 0.717) is 28.0 Å². The van der Waals surface area contributed by atoms with Crippen molar-refractivity contribution < 1.29 is 9.18 Å². The van der Waals surface area contributed by atoms with Crippen LogP contribution in [0.1, 0.15) is 32.7 Å². The van der Waals surface area contributed by atoms with Crippen LogP contribution in [0.3, 0.4) is 0 Å². The number of benzene rings is 2. The van der Waals surface area contributed by atoms with Crippen LogP contribution in [0.2, 0.25) is 0 Å². The van der Waals surface area contributed by atoms with Crippen LogP contribution in [0.4, 0.5) is 15.9 Å². The molecule has 5 rings (SSSR count). The van der Waals surface area contributed by atoms with E-state index in [1.807, 2.05) is 32.0 Å². The van der Waals surface area contributed by atoms with Gasteiger partial charge in [-0.3, -0.25) is 9.78 Å². The van der Waals surface area contributed by atoms with Gasteiger partial charge in [-0.2, -0.15) is 0 Å². The molecule has 0 fully saturated rings. The largest absolute Gasteiger partial charge is 0.382 e. The number of aromatic nitrogens is 3. The monoisotopic (exact) mass is 457 g/mol. The van der Waals surface area contributed by atoms with Gasteiger partial charge in [0, 0.05) is 28.8 Å². The van der Waals surface area contributed by atoms with Crippen LogP contribution in [0.5, 0.6) is 0 Å². The Bertz CT molecular complexity index is 1550. The first-order chi connectivity index (χ1) is 15.9. The predicted octanol–water partition coefficient (Wildman–Crippen LogP) is 5.42. The van der Waals surface area contributed by atoms with E-state index in [2.05, 4.69) is 20.3 Å². The molecule has 0 saturated carbocycles. The highest BCUT2D eigenvalue weighted by Crippen LogP contribution is 2.32. The molecule has 0 bridgehead atoms. The van der Waals surface area contributed by atoms with E-state index in [0.717, 1.165) is 38.8 Å². The Hall–Kier alpha value is -3.91. The lowest BCUT2D eigenvalue weighted by Crippen LogP contribution is -2.13. The number of carbonyl (C=O) groups excluding carboxylic acids is 1. The molecular weight excluding hydrogens is 437 g/mol. The summed E-state index contributed by atoms with van der Waals surface area (Å²) >= 11 is 1.35. The molecule has 0 saturated heterocycles. The minimum atomic E-state index is -0.261. The van der Waals surface area contributed by atoms with Gasteiger partial charge in [-0.1, -0.05) is 18.2 Å². The molecule has 8 heteroatoms. The number of nitrogen functional groups attached to an aromatic ring is 1. The van der Waals surface area contributed by atoms with Gasteiger partial charge in [0.1, 0.15) is 18.0 Å². The second-order valence-electron chi connectivity index (χ2n) is 7.90. The number of nitrogens with two attached hydrogens (primary N) is 1. The van der Waals surface area contributed by atoms with Crippen LogP contribution in [-0.4, -0.2) is 20.9 Å². The summed E-state index contributed by atoms with van der Waals surface area (Å²) in [4.78, 5) is 26.0. The fourth-order valence-electron chi connectivity index (χ4n) is 3.98. The van der Waals surface area contributed by atoms with Gasteiger partial charge in [0.05, 0.1) is 27.2 Å². The third-order valence-corrected chi connectivity index (χ3v) is 6.75. The van der Waals surface area contributed by atoms with Gasteiger partial charge in [0.25, 0.3) is 5.91 Å². The predicted molar refractivity (Wildman–Crippen MR) is 130 cm³/mol. The van der Waals surface area contributed by atoms with Crippen LogP contribution in [0.25, 0.3) is 21.0 Å². The Morgan fingerprint density at radius 1 is 1.06 bits per heavy atom. The van der Waals surface area contributed by atoms with E-state index in [1.54, 1.807) is 17.6 Å². The van der Waals surface area contributed by atoms with Crippen molar-refractivity contribution in [2.75, 3.05) is 11.1 Å². The molecule has 0 radical (unpaired) electrons. The Labute approximate surface area is 193 Å². The molecule has 2 aromatic carbocycles. The van der Waals surface area contributed by atoms with E-state index in [-0.39, 0.29) is 11.7 Å². The molecule has 0 aliphatic carbocycles. The second-order valence-corrected chi connectivity index (χ2v) is 8.78. The van der Waals surface area contributed by atoms with Crippen molar-refractivity contribution in [3.63, 3.8) is 0 Å². The fraction of sp³-hybridized carbons (Fsp3) is 0.120. The van der Waals surface area contributed by atoms with Crippen molar-refractivity contribution >= 4 is 49.7 Å². The van der Waals surface area contributed by atoms with Crippen molar-refractivity contribution in [2.24, 2.45) is 0 Å². The second kappa shape index (κ2) is 8.22. The van der Waals surface area contributed by atoms with Crippen LogP contribution >= 0.6 is 11.3 Å². The van der Waals surface area contributed by atoms with Gasteiger partial charge >= 0.3 is 0 Å². The minimum Gasteiger partial charge on any atom is -0.382 e. The number of carbonyl (C=O) groups is 1. The van der Waals surface area contributed by atoms with Crippen molar-refractivity contribution in [1.29, 1.82) is 0 Å². The third kappa shape index (κ3) is 3.78. The Balaban J connectivity index is 1.54. The average Bonchev–Trinajstić information content (AvgIpc) is 3.23. The molecule has 0 spiro atoms. The number of halogens is 1. The maximum absolute atomic E-state index is 13.5. The number of pyridine rings is 1. The molecule has 5 aromatic rings. The van der Waals surface area contributed by atoms with Crippen molar-refractivity contribution in [3.8, 4) is 0 Å². The average molecular weight is 458 g/mol. The normalized spacial score (nSPS) is 11.2. The number of anilines is 2. The summed E-state index contributed by atoms with van der Waals surface area (Å²) in [5.74, 6) is -0.157. The number of fused-ring (bicyclic) bond motifs is 2. The highest BCUT2D eigenvalue weighted by Gasteiger charge is 2.18. The summed E-state index contributed by atoms with van der Waals surface area (Å²) in [5.41, 5.74) is 11.3. The summed E-state index contributed by atoms with van der Waals surface area (Å²) < 4.78 is 14.2.